The highest BCUT2D eigenvalue weighted by molar-refractivity contribution is 7.22. The molecule has 1 fully saturated rings. The number of carbonyl (C=O) groups excluding carboxylic acids is 1. The van der Waals surface area contributed by atoms with Crippen LogP contribution in [0.1, 0.15) is 23.7 Å². The van der Waals surface area contributed by atoms with Gasteiger partial charge >= 0.3 is 0 Å². The number of aromatic nitrogens is 1. The molecule has 0 N–H and O–H groups in total. The Bertz CT molecular complexity index is 1030. The van der Waals surface area contributed by atoms with Gasteiger partial charge in [0.1, 0.15) is 17.0 Å². The number of fused-ring (bicyclic) bond motifs is 1. The molecule has 1 amide bonds. The van der Waals surface area contributed by atoms with Crippen LogP contribution in [-0.2, 0) is 4.74 Å². The Balaban J connectivity index is 1.59. The van der Waals surface area contributed by atoms with Crippen LogP contribution in [0.3, 0.4) is 0 Å². The van der Waals surface area contributed by atoms with Crippen molar-refractivity contribution < 1.29 is 19.0 Å². The second kappa shape index (κ2) is 10.8. The van der Waals surface area contributed by atoms with Crippen molar-refractivity contribution >= 4 is 32.6 Å². The molecular formula is C24H29N3O4S. The van der Waals surface area contributed by atoms with E-state index in [9.17, 15) is 4.79 Å². The quantitative estimate of drug-likeness (QED) is 0.485. The van der Waals surface area contributed by atoms with E-state index in [1.165, 1.54) is 11.3 Å². The number of amides is 1. The fraction of sp³-hybridized carbons (Fsp3) is 0.417. The van der Waals surface area contributed by atoms with E-state index in [0.717, 1.165) is 61.0 Å². The zero-order chi connectivity index (χ0) is 22.3. The number of rotatable bonds is 9. The van der Waals surface area contributed by atoms with Crippen LogP contribution in [0.15, 0.2) is 42.5 Å². The molecule has 0 atom stereocenters. The van der Waals surface area contributed by atoms with Crippen LogP contribution in [-0.4, -0.2) is 68.9 Å². The van der Waals surface area contributed by atoms with Crippen molar-refractivity contribution in [3.05, 3.63) is 48.0 Å². The van der Waals surface area contributed by atoms with Crippen molar-refractivity contribution in [3.63, 3.8) is 0 Å². The van der Waals surface area contributed by atoms with Gasteiger partial charge in [0.15, 0.2) is 5.13 Å². The molecule has 0 aliphatic carbocycles. The summed E-state index contributed by atoms with van der Waals surface area (Å²) in [5.41, 5.74) is 1.41. The van der Waals surface area contributed by atoms with Crippen molar-refractivity contribution in [2.24, 2.45) is 0 Å². The second-order valence-electron chi connectivity index (χ2n) is 7.53. The minimum Gasteiger partial charge on any atom is -0.497 e. The van der Waals surface area contributed by atoms with Crippen LogP contribution in [0, 0.1) is 0 Å². The van der Waals surface area contributed by atoms with Gasteiger partial charge in [0.05, 0.1) is 31.6 Å². The SMILES string of the molecule is CCOc1cccc2sc(N(CCCN3CCOCC3)C(=O)c3ccc(OC)cc3)nc12. The van der Waals surface area contributed by atoms with Crippen LogP contribution in [0.25, 0.3) is 10.2 Å². The molecule has 0 radical (unpaired) electrons. The van der Waals surface area contributed by atoms with Crippen molar-refractivity contribution in [1.29, 1.82) is 0 Å². The third-order valence-corrected chi connectivity index (χ3v) is 6.49. The average molecular weight is 456 g/mol. The standard InChI is InChI=1S/C24H29N3O4S/c1-3-31-20-6-4-7-21-22(20)25-24(32-21)27(13-5-12-26-14-16-30-17-15-26)23(28)18-8-10-19(29-2)11-9-18/h4,6-11H,3,5,12-17H2,1-2H3. The lowest BCUT2D eigenvalue weighted by Gasteiger charge is -2.27. The van der Waals surface area contributed by atoms with Gasteiger partial charge in [0.2, 0.25) is 0 Å². The van der Waals surface area contributed by atoms with Crippen LogP contribution in [0.4, 0.5) is 5.13 Å². The Morgan fingerprint density at radius 3 is 2.69 bits per heavy atom. The molecule has 0 unspecified atom stereocenters. The normalized spacial score (nSPS) is 14.4. The third-order valence-electron chi connectivity index (χ3n) is 5.44. The lowest BCUT2D eigenvalue weighted by molar-refractivity contribution is 0.0376. The second-order valence-corrected chi connectivity index (χ2v) is 8.53. The van der Waals surface area contributed by atoms with Gasteiger partial charge in [0, 0.05) is 31.7 Å². The number of ether oxygens (including phenoxy) is 3. The van der Waals surface area contributed by atoms with Crippen molar-refractivity contribution in [2.45, 2.75) is 13.3 Å². The molecule has 32 heavy (non-hydrogen) atoms. The summed E-state index contributed by atoms with van der Waals surface area (Å²) in [6, 6.07) is 13.1. The molecule has 2 heterocycles. The third kappa shape index (κ3) is 5.20. The first-order valence-electron chi connectivity index (χ1n) is 11.0. The number of methoxy groups -OCH3 is 1. The average Bonchev–Trinajstić information content (AvgIpc) is 3.27. The maximum Gasteiger partial charge on any atom is 0.260 e. The number of anilines is 1. The Labute approximate surface area is 192 Å². The number of morpholine rings is 1. The number of nitrogens with zero attached hydrogens (tertiary/aromatic N) is 3. The summed E-state index contributed by atoms with van der Waals surface area (Å²) >= 11 is 1.52. The molecule has 0 spiro atoms. The minimum atomic E-state index is -0.0633. The van der Waals surface area contributed by atoms with Crippen LogP contribution in [0.5, 0.6) is 11.5 Å². The zero-order valence-electron chi connectivity index (χ0n) is 18.6. The van der Waals surface area contributed by atoms with E-state index in [1.54, 1.807) is 24.1 Å². The molecule has 3 aromatic rings. The summed E-state index contributed by atoms with van der Waals surface area (Å²) in [5, 5.41) is 0.690. The van der Waals surface area contributed by atoms with E-state index in [0.29, 0.717) is 23.8 Å². The number of carbonyl (C=O) groups is 1. The maximum absolute atomic E-state index is 13.5. The predicted octanol–water partition coefficient (Wildman–Crippen LogP) is 4.07. The van der Waals surface area contributed by atoms with E-state index in [1.807, 2.05) is 37.3 Å². The zero-order valence-corrected chi connectivity index (χ0v) is 19.4. The molecule has 1 aliphatic rings. The molecule has 4 rings (SSSR count). The number of hydrogen-bond acceptors (Lipinski definition) is 7. The summed E-state index contributed by atoms with van der Waals surface area (Å²) in [5.74, 6) is 1.41. The molecular weight excluding hydrogens is 426 g/mol. The van der Waals surface area contributed by atoms with Crippen LogP contribution < -0.4 is 14.4 Å². The van der Waals surface area contributed by atoms with Gasteiger partial charge in [-0.25, -0.2) is 4.98 Å². The van der Waals surface area contributed by atoms with Crippen molar-refractivity contribution in [3.8, 4) is 11.5 Å². The summed E-state index contributed by atoms with van der Waals surface area (Å²) < 4.78 is 17.4. The van der Waals surface area contributed by atoms with Gasteiger partial charge in [-0.05, 0) is 49.7 Å². The van der Waals surface area contributed by atoms with E-state index in [-0.39, 0.29) is 5.91 Å². The molecule has 7 nitrogen and oxygen atoms in total. The van der Waals surface area contributed by atoms with Gasteiger partial charge < -0.3 is 14.2 Å². The summed E-state index contributed by atoms with van der Waals surface area (Å²) in [6.45, 7) is 7.45. The van der Waals surface area contributed by atoms with E-state index in [4.69, 9.17) is 19.2 Å². The number of hydrogen-bond donors (Lipinski definition) is 0. The number of thiazole rings is 1. The highest BCUT2D eigenvalue weighted by atomic mass is 32.1. The highest BCUT2D eigenvalue weighted by Gasteiger charge is 2.23. The van der Waals surface area contributed by atoms with Crippen molar-refractivity contribution in [1.82, 2.24) is 9.88 Å². The Hall–Kier alpha value is -2.68. The first-order valence-corrected chi connectivity index (χ1v) is 11.8. The minimum absolute atomic E-state index is 0.0633. The van der Waals surface area contributed by atoms with Gasteiger partial charge in [0.25, 0.3) is 5.91 Å². The largest absolute Gasteiger partial charge is 0.497 e. The topological polar surface area (TPSA) is 64.1 Å². The molecule has 0 bridgehead atoms. The summed E-state index contributed by atoms with van der Waals surface area (Å²) in [4.78, 5) is 22.5. The van der Waals surface area contributed by atoms with Gasteiger partial charge in [-0.3, -0.25) is 14.6 Å². The summed E-state index contributed by atoms with van der Waals surface area (Å²) in [7, 11) is 1.62. The Morgan fingerprint density at radius 2 is 1.97 bits per heavy atom. The predicted molar refractivity (Wildman–Crippen MR) is 127 cm³/mol. The lowest BCUT2D eigenvalue weighted by Crippen LogP contribution is -2.39. The lowest BCUT2D eigenvalue weighted by atomic mass is 10.2. The van der Waals surface area contributed by atoms with E-state index in [2.05, 4.69) is 4.90 Å². The molecule has 170 valence electrons. The Kier molecular flexibility index (Phi) is 7.57. The smallest absolute Gasteiger partial charge is 0.260 e. The number of benzene rings is 2. The van der Waals surface area contributed by atoms with Gasteiger partial charge in [-0.15, -0.1) is 0 Å². The maximum atomic E-state index is 13.5. The Morgan fingerprint density at radius 1 is 1.19 bits per heavy atom. The van der Waals surface area contributed by atoms with Crippen LogP contribution in [0.2, 0.25) is 0 Å². The molecule has 0 saturated carbocycles. The van der Waals surface area contributed by atoms with Crippen LogP contribution >= 0.6 is 11.3 Å². The van der Waals surface area contributed by atoms with E-state index >= 15 is 0 Å². The first-order chi connectivity index (χ1) is 15.7. The molecule has 8 heteroatoms. The van der Waals surface area contributed by atoms with E-state index < -0.39 is 0 Å². The monoisotopic (exact) mass is 455 g/mol. The summed E-state index contributed by atoms with van der Waals surface area (Å²) in [6.07, 6.45) is 0.857. The fourth-order valence-corrected chi connectivity index (χ4v) is 4.76. The first kappa shape index (κ1) is 22.5. The van der Waals surface area contributed by atoms with Gasteiger partial charge in [-0.1, -0.05) is 17.4 Å². The molecule has 1 aliphatic heterocycles. The van der Waals surface area contributed by atoms with Crippen molar-refractivity contribution in [2.75, 3.05) is 58.0 Å². The highest BCUT2D eigenvalue weighted by Crippen LogP contribution is 2.35. The van der Waals surface area contributed by atoms with Gasteiger partial charge in [-0.2, -0.15) is 0 Å². The molecule has 1 aromatic heterocycles. The molecule has 1 saturated heterocycles. The molecule has 2 aromatic carbocycles. The fourth-order valence-electron chi connectivity index (χ4n) is 3.75. The number of para-hydroxylation sites is 1.